The van der Waals surface area contributed by atoms with E-state index in [2.05, 4.69) is 41.5 Å². The Labute approximate surface area is 416 Å². The highest BCUT2D eigenvalue weighted by Gasteiger charge is 2.20. The Kier molecular flexibility index (Phi) is 40.8. The SMILES string of the molecule is CC(C)CCCCCCCCOC(=O)c1ccccc1C(=O)OCCCCCCCCC(C)C.CCCCCCCCCCCOC(=O)c1ccccc1C(=O)OCCCCCCCCCCC. The van der Waals surface area contributed by atoms with Crippen LogP contribution in [0.5, 0.6) is 0 Å². The van der Waals surface area contributed by atoms with E-state index in [1.807, 2.05) is 0 Å². The number of unbranched alkanes of at least 4 members (excludes halogenated alkanes) is 26. The second-order valence-corrected chi connectivity index (χ2v) is 19.9. The van der Waals surface area contributed by atoms with Crippen molar-refractivity contribution < 1.29 is 38.1 Å². The van der Waals surface area contributed by atoms with Crippen LogP contribution in [-0.4, -0.2) is 50.3 Å². The van der Waals surface area contributed by atoms with Gasteiger partial charge < -0.3 is 18.9 Å². The van der Waals surface area contributed by atoms with E-state index in [4.69, 9.17) is 18.9 Å². The standard InChI is InChI=1S/2C30H50O4/c1-25(2)19-13-9-5-7-11-17-23-33-29(31)27-21-15-16-22-28(27)30(32)34-24-18-12-8-6-10-14-20-26(3)4;1-3-5-7-9-11-13-15-17-21-25-33-29(31)27-23-19-20-24-28(27)30(32)34-26-22-18-16-14-12-10-8-6-4-2/h15-16,21-22,25-26H,5-14,17-20,23-24H2,1-4H3;19-20,23-24H,3-18,21-22,25-26H2,1-2H3. The van der Waals surface area contributed by atoms with E-state index >= 15 is 0 Å². The molecule has 0 N–H and O–H groups in total. The second kappa shape index (κ2) is 44.5. The summed E-state index contributed by atoms with van der Waals surface area (Å²) in [5.41, 5.74) is 1.20. The van der Waals surface area contributed by atoms with Crippen LogP contribution >= 0.6 is 0 Å². The molecule has 0 radical (unpaired) electrons. The summed E-state index contributed by atoms with van der Waals surface area (Å²) in [6, 6.07) is 13.6. The lowest BCUT2D eigenvalue weighted by atomic mass is 10.0. The van der Waals surface area contributed by atoms with Gasteiger partial charge in [-0.05, 0) is 61.8 Å². The van der Waals surface area contributed by atoms with E-state index in [0.717, 1.165) is 63.2 Å². The predicted molar refractivity (Wildman–Crippen MR) is 283 cm³/mol. The summed E-state index contributed by atoms with van der Waals surface area (Å²) < 4.78 is 21.7. The maximum atomic E-state index is 12.5. The largest absolute Gasteiger partial charge is 0.462 e. The Bertz CT molecular complexity index is 1420. The molecule has 0 atom stereocenters. The maximum Gasteiger partial charge on any atom is 0.339 e. The van der Waals surface area contributed by atoms with Gasteiger partial charge in [-0.3, -0.25) is 0 Å². The van der Waals surface area contributed by atoms with Crippen molar-refractivity contribution in [1.82, 2.24) is 0 Å². The van der Waals surface area contributed by atoms with E-state index in [1.54, 1.807) is 48.5 Å². The zero-order valence-corrected chi connectivity index (χ0v) is 44.5. The third kappa shape index (κ3) is 34.6. The molecular formula is C60H100O8. The van der Waals surface area contributed by atoms with Gasteiger partial charge in [0.25, 0.3) is 0 Å². The van der Waals surface area contributed by atoms with Gasteiger partial charge in [-0.25, -0.2) is 19.2 Å². The first-order valence-corrected chi connectivity index (χ1v) is 28.0. The van der Waals surface area contributed by atoms with Crippen molar-refractivity contribution in [2.24, 2.45) is 11.8 Å². The van der Waals surface area contributed by atoms with Crippen molar-refractivity contribution >= 4 is 23.9 Å². The van der Waals surface area contributed by atoms with Crippen LogP contribution in [0, 0.1) is 11.8 Å². The van der Waals surface area contributed by atoms with Crippen LogP contribution in [-0.2, 0) is 18.9 Å². The molecule has 2 aromatic rings. The summed E-state index contributed by atoms with van der Waals surface area (Å²) >= 11 is 0. The Morgan fingerprint density at radius 3 is 0.706 bits per heavy atom. The Morgan fingerprint density at radius 2 is 0.500 bits per heavy atom. The van der Waals surface area contributed by atoms with E-state index in [9.17, 15) is 19.2 Å². The van der Waals surface area contributed by atoms with Crippen LogP contribution in [0.3, 0.4) is 0 Å². The molecular weight excluding hydrogens is 849 g/mol. The third-order valence-electron chi connectivity index (χ3n) is 12.5. The van der Waals surface area contributed by atoms with Crippen molar-refractivity contribution in [1.29, 1.82) is 0 Å². The molecule has 0 aromatic heterocycles. The molecule has 8 heteroatoms. The van der Waals surface area contributed by atoms with E-state index in [1.165, 1.54) is 154 Å². The number of benzene rings is 2. The van der Waals surface area contributed by atoms with Gasteiger partial charge in [-0.1, -0.05) is 246 Å². The molecule has 0 aliphatic heterocycles. The van der Waals surface area contributed by atoms with Crippen LogP contribution in [0.15, 0.2) is 48.5 Å². The van der Waals surface area contributed by atoms with E-state index in [-0.39, 0.29) is 0 Å². The average Bonchev–Trinajstić information content (AvgIpc) is 3.33. The molecule has 0 amide bonds. The fourth-order valence-electron chi connectivity index (χ4n) is 8.20. The highest BCUT2D eigenvalue weighted by molar-refractivity contribution is 6.03. The number of esters is 4. The molecule has 0 fully saturated rings. The van der Waals surface area contributed by atoms with Gasteiger partial charge in [0.05, 0.1) is 48.7 Å². The van der Waals surface area contributed by atoms with Crippen molar-refractivity contribution in [3.05, 3.63) is 70.8 Å². The number of ether oxygens (including phenoxy) is 4. The van der Waals surface area contributed by atoms with E-state index in [0.29, 0.717) is 48.7 Å². The first-order valence-electron chi connectivity index (χ1n) is 28.0. The van der Waals surface area contributed by atoms with Gasteiger partial charge in [0.2, 0.25) is 0 Å². The molecule has 2 aromatic carbocycles. The zero-order chi connectivity index (χ0) is 49.7. The van der Waals surface area contributed by atoms with Crippen LogP contribution in [0.25, 0.3) is 0 Å². The maximum absolute atomic E-state index is 12.5. The normalized spacial score (nSPS) is 11.1. The number of carbonyl (C=O) groups is 4. The summed E-state index contributed by atoms with van der Waals surface area (Å²) in [5, 5.41) is 0. The molecule has 68 heavy (non-hydrogen) atoms. The fourth-order valence-corrected chi connectivity index (χ4v) is 8.20. The van der Waals surface area contributed by atoms with Crippen LogP contribution in [0.2, 0.25) is 0 Å². The fraction of sp³-hybridized carbons (Fsp3) is 0.733. The lowest BCUT2D eigenvalue weighted by molar-refractivity contribution is 0.0450. The Morgan fingerprint density at radius 1 is 0.309 bits per heavy atom. The summed E-state index contributed by atoms with van der Waals surface area (Å²) in [4.78, 5) is 50.1. The van der Waals surface area contributed by atoms with Gasteiger partial charge >= 0.3 is 23.9 Å². The summed E-state index contributed by atoms with van der Waals surface area (Å²) in [7, 11) is 0. The van der Waals surface area contributed by atoms with Crippen LogP contribution in [0.4, 0.5) is 0 Å². The van der Waals surface area contributed by atoms with Gasteiger partial charge in [-0.15, -0.1) is 0 Å². The summed E-state index contributed by atoms with van der Waals surface area (Å²) in [5.74, 6) is -0.176. The van der Waals surface area contributed by atoms with Gasteiger partial charge in [0.15, 0.2) is 0 Å². The number of rotatable bonds is 42. The molecule has 0 spiro atoms. The van der Waals surface area contributed by atoms with E-state index < -0.39 is 23.9 Å². The molecule has 8 nitrogen and oxygen atoms in total. The molecule has 0 saturated carbocycles. The summed E-state index contributed by atoms with van der Waals surface area (Å²) in [6.45, 7) is 15.1. The minimum Gasteiger partial charge on any atom is -0.462 e. The Hall–Kier alpha value is -3.68. The molecule has 388 valence electrons. The lowest BCUT2D eigenvalue weighted by Gasteiger charge is -2.10. The van der Waals surface area contributed by atoms with Crippen LogP contribution in [0.1, 0.15) is 288 Å². The average molecular weight is 949 g/mol. The minimum atomic E-state index is -0.439. The van der Waals surface area contributed by atoms with Gasteiger partial charge in [0.1, 0.15) is 0 Å². The quantitative estimate of drug-likeness (QED) is 0.0368. The third-order valence-corrected chi connectivity index (χ3v) is 12.5. The number of hydrogen-bond acceptors (Lipinski definition) is 8. The highest BCUT2D eigenvalue weighted by atomic mass is 16.5. The first-order chi connectivity index (χ1) is 33.1. The minimum absolute atomic E-state index is 0.298. The van der Waals surface area contributed by atoms with Crippen molar-refractivity contribution in [2.45, 2.75) is 247 Å². The predicted octanol–water partition coefficient (Wildman–Crippen LogP) is 17.8. The van der Waals surface area contributed by atoms with Crippen LogP contribution < -0.4 is 0 Å². The summed E-state index contributed by atoms with van der Waals surface area (Å²) in [6.07, 6.45) is 38.4. The van der Waals surface area contributed by atoms with Crippen molar-refractivity contribution in [3.8, 4) is 0 Å². The van der Waals surface area contributed by atoms with Gasteiger partial charge in [-0.2, -0.15) is 0 Å². The molecule has 0 aliphatic carbocycles. The first kappa shape index (κ1) is 62.3. The zero-order valence-electron chi connectivity index (χ0n) is 44.5. The lowest BCUT2D eigenvalue weighted by Crippen LogP contribution is -2.15. The molecule has 0 aliphatic rings. The van der Waals surface area contributed by atoms with Crippen molar-refractivity contribution in [3.63, 3.8) is 0 Å². The second-order valence-electron chi connectivity index (χ2n) is 19.9. The molecule has 0 saturated heterocycles. The smallest absolute Gasteiger partial charge is 0.339 e. The molecule has 0 unspecified atom stereocenters. The van der Waals surface area contributed by atoms with Gasteiger partial charge in [0, 0.05) is 0 Å². The number of carbonyl (C=O) groups excluding carboxylic acids is 4. The van der Waals surface area contributed by atoms with Crippen molar-refractivity contribution in [2.75, 3.05) is 26.4 Å². The highest BCUT2D eigenvalue weighted by Crippen LogP contribution is 2.18. The molecule has 2 rings (SSSR count). The monoisotopic (exact) mass is 949 g/mol. The molecule has 0 heterocycles. The number of hydrogen-bond donors (Lipinski definition) is 0. The Balaban J connectivity index is 0.000000680. The topological polar surface area (TPSA) is 105 Å². The molecule has 0 bridgehead atoms.